The number of benzene rings is 2. The first-order valence-electron chi connectivity index (χ1n) is 11.6. The predicted molar refractivity (Wildman–Crippen MR) is 129 cm³/mol. The average Bonchev–Trinajstić information content (AvgIpc) is 2.82. The maximum absolute atomic E-state index is 13.8. The number of fused-ring (bicyclic) bond motifs is 1. The van der Waals surface area contributed by atoms with Crippen molar-refractivity contribution in [3.8, 4) is 17.2 Å². The van der Waals surface area contributed by atoms with Crippen molar-refractivity contribution in [1.29, 1.82) is 0 Å². The summed E-state index contributed by atoms with van der Waals surface area (Å²) in [6.07, 6.45) is 0.0754. The van der Waals surface area contributed by atoms with Crippen molar-refractivity contribution in [1.82, 2.24) is 5.32 Å². The van der Waals surface area contributed by atoms with Crippen LogP contribution in [-0.4, -0.2) is 18.6 Å². The Morgan fingerprint density at radius 1 is 1.08 bits per heavy atom. The lowest BCUT2D eigenvalue weighted by atomic mass is 9.95. The minimum absolute atomic E-state index is 0.0236. The first-order chi connectivity index (χ1) is 17.0. The smallest absolute Gasteiger partial charge is 0.453 e. The fourth-order valence-electron chi connectivity index (χ4n) is 4.27. The van der Waals surface area contributed by atoms with E-state index in [-0.39, 0.29) is 41.0 Å². The van der Waals surface area contributed by atoms with Crippen LogP contribution in [0.15, 0.2) is 39.5 Å². The summed E-state index contributed by atoms with van der Waals surface area (Å²) in [6.45, 7) is 3.04. The van der Waals surface area contributed by atoms with Gasteiger partial charge in [0.15, 0.2) is 6.61 Å². The average molecular weight is 524 g/mol. The van der Waals surface area contributed by atoms with Gasteiger partial charge < -0.3 is 19.2 Å². The molecule has 0 atom stereocenters. The van der Waals surface area contributed by atoms with E-state index < -0.39 is 23.1 Å². The van der Waals surface area contributed by atoms with Crippen molar-refractivity contribution < 1.29 is 31.9 Å². The summed E-state index contributed by atoms with van der Waals surface area (Å²) in [4.78, 5) is 25.2. The summed E-state index contributed by atoms with van der Waals surface area (Å²) in [6, 6.07) is 6.80. The Labute approximate surface area is 210 Å². The van der Waals surface area contributed by atoms with Crippen LogP contribution in [0.3, 0.4) is 0 Å². The summed E-state index contributed by atoms with van der Waals surface area (Å²) in [5, 5.41) is 3.22. The Morgan fingerprint density at radius 3 is 2.39 bits per heavy atom. The van der Waals surface area contributed by atoms with Crippen molar-refractivity contribution in [3.05, 3.63) is 62.5 Å². The summed E-state index contributed by atoms with van der Waals surface area (Å²) >= 11 is 6.12. The molecule has 1 aliphatic carbocycles. The van der Waals surface area contributed by atoms with E-state index in [9.17, 15) is 22.8 Å². The number of aryl methyl sites for hydroxylation is 2. The van der Waals surface area contributed by atoms with Crippen LogP contribution in [0, 0.1) is 13.8 Å². The fraction of sp³-hybridized carbons (Fsp3) is 0.385. The maximum atomic E-state index is 13.8. The molecular formula is C26H25ClF3NO5. The first kappa shape index (κ1) is 25.9. The molecule has 1 aromatic heterocycles. The molecule has 4 rings (SSSR count). The van der Waals surface area contributed by atoms with Gasteiger partial charge in [-0.3, -0.25) is 9.59 Å². The number of nitrogens with one attached hydrogen (secondary N) is 1. The number of hydrogen-bond donors (Lipinski definition) is 1. The summed E-state index contributed by atoms with van der Waals surface area (Å²) in [5.74, 6) is -2.75. The molecule has 6 nitrogen and oxygen atoms in total. The van der Waals surface area contributed by atoms with Crippen molar-refractivity contribution in [3.63, 3.8) is 0 Å². The number of hydrogen-bond acceptors (Lipinski definition) is 5. The molecule has 0 spiro atoms. The molecule has 2 aromatic carbocycles. The Bertz CT molecular complexity index is 1320. The van der Waals surface area contributed by atoms with Gasteiger partial charge in [0.25, 0.3) is 11.7 Å². The van der Waals surface area contributed by atoms with Crippen LogP contribution in [0.5, 0.6) is 17.2 Å². The fourth-order valence-corrected chi connectivity index (χ4v) is 4.38. The highest BCUT2D eigenvalue weighted by molar-refractivity contribution is 6.32. The van der Waals surface area contributed by atoms with E-state index in [2.05, 4.69) is 5.32 Å². The lowest BCUT2D eigenvalue weighted by molar-refractivity contribution is -0.154. The maximum Gasteiger partial charge on any atom is 0.453 e. The number of amides is 1. The molecule has 0 radical (unpaired) electrons. The lowest BCUT2D eigenvalue weighted by Crippen LogP contribution is -2.38. The van der Waals surface area contributed by atoms with Crippen LogP contribution in [0.25, 0.3) is 11.0 Å². The molecular weight excluding hydrogens is 499 g/mol. The molecule has 0 unspecified atom stereocenters. The summed E-state index contributed by atoms with van der Waals surface area (Å²) in [5.41, 5.74) is -0.164. The van der Waals surface area contributed by atoms with Gasteiger partial charge in [-0.15, -0.1) is 0 Å². The minimum atomic E-state index is -5.00. The number of halogens is 4. The summed E-state index contributed by atoms with van der Waals surface area (Å²) < 4.78 is 57.5. The highest BCUT2D eigenvalue weighted by atomic mass is 35.5. The van der Waals surface area contributed by atoms with Crippen LogP contribution >= 0.6 is 11.6 Å². The largest absolute Gasteiger partial charge is 0.484 e. The molecule has 1 heterocycles. The van der Waals surface area contributed by atoms with E-state index in [1.54, 1.807) is 13.8 Å². The second-order valence-electron chi connectivity index (χ2n) is 8.91. The SMILES string of the molecule is Cc1cc(Oc2c(C(F)(F)F)oc3cc(OCC(=O)NC4CCCCC4)ccc3c2=O)cc(C)c1Cl. The Hall–Kier alpha value is -3.20. The van der Waals surface area contributed by atoms with Gasteiger partial charge in [0.05, 0.1) is 5.39 Å². The molecule has 1 fully saturated rings. The molecule has 36 heavy (non-hydrogen) atoms. The highest BCUT2D eigenvalue weighted by Gasteiger charge is 2.40. The molecule has 192 valence electrons. The molecule has 1 saturated carbocycles. The van der Waals surface area contributed by atoms with Gasteiger partial charge in [0.1, 0.15) is 17.1 Å². The minimum Gasteiger partial charge on any atom is -0.484 e. The Morgan fingerprint density at radius 2 is 1.75 bits per heavy atom. The third kappa shape index (κ3) is 5.78. The Kier molecular flexibility index (Phi) is 7.49. The third-order valence-electron chi connectivity index (χ3n) is 6.05. The van der Waals surface area contributed by atoms with E-state index in [0.29, 0.717) is 16.1 Å². The van der Waals surface area contributed by atoms with Gasteiger partial charge in [-0.2, -0.15) is 13.2 Å². The van der Waals surface area contributed by atoms with Crippen LogP contribution in [-0.2, 0) is 11.0 Å². The number of carbonyl (C=O) groups excluding carboxylic acids is 1. The van der Waals surface area contributed by atoms with Crippen LogP contribution in [0.2, 0.25) is 5.02 Å². The quantitative estimate of drug-likeness (QED) is 0.389. The molecule has 1 amide bonds. The predicted octanol–water partition coefficient (Wildman–Crippen LogP) is 6.70. The second-order valence-corrected chi connectivity index (χ2v) is 9.29. The normalized spacial score (nSPS) is 14.6. The van der Waals surface area contributed by atoms with E-state index in [0.717, 1.165) is 38.2 Å². The van der Waals surface area contributed by atoms with Crippen LogP contribution in [0.1, 0.15) is 49.0 Å². The van der Waals surface area contributed by atoms with E-state index in [4.69, 9.17) is 25.5 Å². The summed E-state index contributed by atoms with van der Waals surface area (Å²) in [7, 11) is 0. The molecule has 0 aliphatic heterocycles. The monoisotopic (exact) mass is 523 g/mol. The third-order valence-corrected chi connectivity index (χ3v) is 6.65. The van der Waals surface area contributed by atoms with Crippen LogP contribution in [0.4, 0.5) is 13.2 Å². The van der Waals surface area contributed by atoms with Crippen molar-refractivity contribution in [2.24, 2.45) is 0 Å². The first-order valence-corrected chi connectivity index (χ1v) is 12.0. The van der Waals surface area contributed by atoms with Gasteiger partial charge in [0.2, 0.25) is 11.2 Å². The molecule has 10 heteroatoms. The highest BCUT2D eigenvalue weighted by Crippen LogP contribution is 2.39. The van der Waals surface area contributed by atoms with Crippen molar-refractivity contribution >= 4 is 28.5 Å². The zero-order chi connectivity index (χ0) is 26.0. The van der Waals surface area contributed by atoms with Gasteiger partial charge in [-0.1, -0.05) is 30.9 Å². The standard InChI is InChI=1S/C26H25ClF3NO5/c1-14-10-18(11-15(2)22(14)27)35-24-23(33)19-9-8-17(12-20(19)36-25(24)26(28,29)30)34-13-21(32)31-16-6-4-3-5-7-16/h8-12,16H,3-7,13H2,1-2H3,(H,31,32). The Balaban J connectivity index is 1.61. The number of ether oxygens (including phenoxy) is 2. The number of rotatable bonds is 6. The van der Waals surface area contributed by atoms with Gasteiger partial charge >= 0.3 is 6.18 Å². The van der Waals surface area contributed by atoms with Crippen molar-refractivity contribution in [2.75, 3.05) is 6.61 Å². The van der Waals surface area contributed by atoms with E-state index in [1.165, 1.54) is 24.3 Å². The molecule has 3 aromatic rings. The van der Waals surface area contributed by atoms with E-state index >= 15 is 0 Å². The van der Waals surface area contributed by atoms with Gasteiger partial charge in [-0.25, -0.2) is 0 Å². The molecule has 1 aliphatic rings. The van der Waals surface area contributed by atoms with E-state index in [1.807, 2.05) is 0 Å². The van der Waals surface area contributed by atoms with Gasteiger partial charge in [-0.05, 0) is 62.1 Å². The second kappa shape index (κ2) is 10.4. The number of carbonyl (C=O) groups is 1. The number of alkyl halides is 3. The zero-order valence-electron chi connectivity index (χ0n) is 19.8. The zero-order valence-corrected chi connectivity index (χ0v) is 20.5. The molecule has 1 N–H and O–H groups in total. The molecule has 0 saturated heterocycles. The topological polar surface area (TPSA) is 77.8 Å². The van der Waals surface area contributed by atoms with Gasteiger partial charge in [0, 0.05) is 17.1 Å². The van der Waals surface area contributed by atoms with Crippen LogP contribution < -0.4 is 20.2 Å². The molecule has 0 bridgehead atoms. The lowest BCUT2D eigenvalue weighted by Gasteiger charge is -2.22. The van der Waals surface area contributed by atoms with Crippen molar-refractivity contribution in [2.45, 2.75) is 58.2 Å².